The van der Waals surface area contributed by atoms with Crippen LogP contribution in [0, 0.1) is 0 Å². The Labute approximate surface area is 194 Å². The average Bonchev–Trinajstić information content (AvgIpc) is 3.31. The van der Waals surface area contributed by atoms with Gasteiger partial charge in [0, 0.05) is 36.1 Å². The van der Waals surface area contributed by atoms with E-state index in [4.69, 9.17) is 14.2 Å². The second-order valence-electron chi connectivity index (χ2n) is 9.16. The number of hydrogen-bond donors (Lipinski definition) is 3. The minimum absolute atomic E-state index is 0.0499. The van der Waals surface area contributed by atoms with Gasteiger partial charge in [0.25, 0.3) is 5.91 Å². The molecule has 0 aliphatic carbocycles. The number of carbonyl (C=O) groups excluding carboxylic acids is 1. The highest BCUT2D eigenvalue weighted by molar-refractivity contribution is 6.03. The molecule has 1 amide bonds. The highest BCUT2D eigenvalue weighted by Gasteiger charge is 2.21. The van der Waals surface area contributed by atoms with Gasteiger partial charge in [0.2, 0.25) is 0 Å². The summed E-state index contributed by atoms with van der Waals surface area (Å²) in [5.41, 5.74) is 3.24. The average molecular weight is 453 g/mol. The quantitative estimate of drug-likeness (QED) is 0.620. The summed E-state index contributed by atoms with van der Waals surface area (Å²) in [5, 5.41) is 9.61. The van der Waals surface area contributed by atoms with E-state index in [0.29, 0.717) is 38.0 Å². The number of rotatable bonds is 6. The molecule has 1 atom stereocenters. The molecule has 8 heteroatoms. The van der Waals surface area contributed by atoms with Crippen LogP contribution in [-0.2, 0) is 14.9 Å². The van der Waals surface area contributed by atoms with Gasteiger partial charge in [0.05, 0.1) is 19.8 Å². The molecule has 0 radical (unpaired) electrons. The van der Waals surface area contributed by atoms with Crippen molar-refractivity contribution in [3.63, 3.8) is 0 Å². The van der Waals surface area contributed by atoms with E-state index in [1.54, 1.807) is 6.07 Å². The molecule has 2 aliphatic heterocycles. The summed E-state index contributed by atoms with van der Waals surface area (Å²) < 4.78 is 17.0. The summed E-state index contributed by atoms with van der Waals surface area (Å²) in [5.74, 6) is 1.01. The Kier molecular flexibility index (Phi) is 7.15. The first-order valence-corrected chi connectivity index (χ1v) is 11.3. The molecular weight excluding hydrogens is 420 g/mol. The lowest BCUT2D eigenvalue weighted by molar-refractivity contribution is -0.101. The van der Waals surface area contributed by atoms with Crippen molar-refractivity contribution in [1.82, 2.24) is 10.6 Å². The summed E-state index contributed by atoms with van der Waals surface area (Å²) in [7, 11) is 0. The van der Waals surface area contributed by atoms with Crippen LogP contribution in [0.5, 0.6) is 5.75 Å². The molecule has 0 saturated carbocycles. The molecular formula is C25H32N4O4. The summed E-state index contributed by atoms with van der Waals surface area (Å²) in [6.45, 7) is 10.1. The fraction of sp³-hybridized carbons (Fsp3) is 0.440. The van der Waals surface area contributed by atoms with Gasteiger partial charge in [-0.15, -0.1) is 0 Å². The molecule has 2 aromatic carbocycles. The van der Waals surface area contributed by atoms with Gasteiger partial charge in [-0.1, -0.05) is 26.8 Å². The standard InChI is InChI=1S/C25H32N4O4/c1-25(2,3)21-13-17(23(30)29-24-26-9-10-27-24)7-8-22(21)28-18-5-4-6-19(14-18)33-16-20-15-31-11-12-32-20/h4-8,13-14,20,28H,9-12,15-16H2,1-3H3,(H2,26,27,29,30). The van der Waals surface area contributed by atoms with Crippen LogP contribution in [0.15, 0.2) is 47.5 Å². The maximum atomic E-state index is 12.7. The number of anilines is 2. The number of carbonyl (C=O) groups is 1. The van der Waals surface area contributed by atoms with Crippen LogP contribution in [-0.4, -0.2) is 57.5 Å². The fourth-order valence-corrected chi connectivity index (χ4v) is 3.72. The molecule has 0 bridgehead atoms. The van der Waals surface area contributed by atoms with Gasteiger partial charge in [0.1, 0.15) is 18.5 Å². The molecule has 33 heavy (non-hydrogen) atoms. The lowest BCUT2D eigenvalue weighted by Gasteiger charge is -2.25. The first-order chi connectivity index (χ1) is 15.9. The minimum Gasteiger partial charge on any atom is -0.491 e. The monoisotopic (exact) mass is 452 g/mol. The van der Waals surface area contributed by atoms with E-state index in [0.717, 1.165) is 35.8 Å². The van der Waals surface area contributed by atoms with Gasteiger partial charge in [0.15, 0.2) is 5.96 Å². The number of amides is 1. The molecule has 4 rings (SSSR count). The van der Waals surface area contributed by atoms with Crippen LogP contribution < -0.4 is 20.7 Å². The van der Waals surface area contributed by atoms with Crippen LogP contribution in [0.4, 0.5) is 11.4 Å². The van der Waals surface area contributed by atoms with Crippen LogP contribution in [0.25, 0.3) is 0 Å². The van der Waals surface area contributed by atoms with E-state index in [-0.39, 0.29) is 17.4 Å². The van der Waals surface area contributed by atoms with E-state index in [9.17, 15) is 4.79 Å². The molecule has 2 saturated heterocycles. The number of aliphatic imine (C=N–C) groups is 1. The number of benzene rings is 2. The zero-order chi connectivity index (χ0) is 23.3. The predicted molar refractivity (Wildman–Crippen MR) is 129 cm³/mol. The third-order valence-electron chi connectivity index (χ3n) is 5.43. The first-order valence-electron chi connectivity index (χ1n) is 11.3. The number of nitrogens with one attached hydrogen (secondary N) is 3. The highest BCUT2D eigenvalue weighted by atomic mass is 16.6. The zero-order valence-corrected chi connectivity index (χ0v) is 19.4. The van der Waals surface area contributed by atoms with Gasteiger partial charge < -0.3 is 30.2 Å². The van der Waals surface area contributed by atoms with Gasteiger partial charge in [-0.25, -0.2) is 0 Å². The molecule has 0 spiro atoms. The molecule has 8 nitrogen and oxygen atoms in total. The largest absolute Gasteiger partial charge is 0.491 e. The molecule has 176 valence electrons. The molecule has 2 aromatic rings. The van der Waals surface area contributed by atoms with Crippen molar-refractivity contribution in [1.29, 1.82) is 0 Å². The normalized spacial score (nSPS) is 18.3. The maximum Gasteiger partial charge on any atom is 0.280 e. The summed E-state index contributed by atoms with van der Waals surface area (Å²) >= 11 is 0. The Bertz CT molecular complexity index is 1000. The van der Waals surface area contributed by atoms with Crippen molar-refractivity contribution in [3.8, 4) is 5.75 Å². The molecule has 1 unspecified atom stereocenters. The first kappa shape index (κ1) is 23.1. The van der Waals surface area contributed by atoms with Crippen molar-refractivity contribution in [2.24, 2.45) is 4.99 Å². The lowest BCUT2D eigenvalue weighted by Crippen LogP contribution is -2.33. The molecule has 2 aliphatic rings. The third kappa shape index (κ3) is 6.24. The van der Waals surface area contributed by atoms with E-state index in [1.807, 2.05) is 36.4 Å². The van der Waals surface area contributed by atoms with Crippen molar-refractivity contribution < 1.29 is 19.0 Å². The predicted octanol–water partition coefficient (Wildman–Crippen LogP) is 3.21. The minimum atomic E-state index is -0.270. The van der Waals surface area contributed by atoms with Crippen LogP contribution >= 0.6 is 0 Å². The van der Waals surface area contributed by atoms with Gasteiger partial charge in [-0.3, -0.25) is 4.79 Å². The topological polar surface area (TPSA) is 93.2 Å². The van der Waals surface area contributed by atoms with E-state index in [2.05, 4.69) is 41.7 Å². The Balaban J connectivity index is 1.50. The van der Waals surface area contributed by atoms with Crippen LogP contribution in [0.3, 0.4) is 0 Å². The Morgan fingerprint density at radius 3 is 2.70 bits per heavy atom. The van der Waals surface area contributed by atoms with Crippen molar-refractivity contribution in [2.45, 2.75) is 32.3 Å². The SMILES string of the molecule is CC(C)(C)c1cc(C(=O)N=C2NCCN2)ccc1Nc1cccc(OCC2COCCO2)c1. The molecule has 2 fully saturated rings. The Hall–Kier alpha value is -3.10. The van der Waals surface area contributed by atoms with Crippen molar-refractivity contribution in [3.05, 3.63) is 53.6 Å². The van der Waals surface area contributed by atoms with Crippen molar-refractivity contribution in [2.75, 3.05) is 44.8 Å². The number of ether oxygens (including phenoxy) is 3. The van der Waals surface area contributed by atoms with Crippen molar-refractivity contribution >= 4 is 23.2 Å². The molecule has 3 N–H and O–H groups in total. The van der Waals surface area contributed by atoms with E-state index >= 15 is 0 Å². The zero-order valence-electron chi connectivity index (χ0n) is 19.4. The highest BCUT2D eigenvalue weighted by Crippen LogP contribution is 2.33. The molecule has 2 heterocycles. The fourth-order valence-electron chi connectivity index (χ4n) is 3.72. The van der Waals surface area contributed by atoms with E-state index < -0.39 is 0 Å². The number of nitrogens with zero attached hydrogens (tertiary/aromatic N) is 1. The number of hydrogen-bond acceptors (Lipinski definition) is 5. The van der Waals surface area contributed by atoms with Gasteiger partial charge in [-0.2, -0.15) is 4.99 Å². The second kappa shape index (κ2) is 10.2. The van der Waals surface area contributed by atoms with Gasteiger partial charge in [-0.05, 0) is 41.3 Å². The lowest BCUT2D eigenvalue weighted by atomic mass is 9.84. The third-order valence-corrected chi connectivity index (χ3v) is 5.43. The molecule has 0 aromatic heterocycles. The van der Waals surface area contributed by atoms with Crippen LogP contribution in [0.1, 0.15) is 36.7 Å². The Morgan fingerprint density at radius 2 is 1.97 bits per heavy atom. The summed E-state index contributed by atoms with van der Waals surface area (Å²) in [4.78, 5) is 16.8. The smallest absolute Gasteiger partial charge is 0.280 e. The van der Waals surface area contributed by atoms with Gasteiger partial charge >= 0.3 is 0 Å². The summed E-state index contributed by atoms with van der Waals surface area (Å²) in [6, 6.07) is 13.5. The summed E-state index contributed by atoms with van der Waals surface area (Å²) in [6.07, 6.45) is -0.0499. The number of guanidine groups is 1. The Morgan fingerprint density at radius 1 is 1.15 bits per heavy atom. The van der Waals surface area contributed by atoms with Crippen LogP contribution in [0.2, 0.25) is 0 Å². The van der Waals surface area contributed by atoms with E-state index in [1.165, 1.54) is 0 Å². The second-order valence-corrected chi connectivity index (χ2v) is 9.16. The maximum absolute atomic E-state index is 12.7.